The van der Waals surface area contributed by atoms with Gasteiger partial charge >= 0.3 is 0 Å². The molecule has 2 N–H and O–H groups in total. The van der Waals surface area contributed by atoms with E-state index in [1.54, 1.807) is 6.07 Å². The normalized spacial score (nSPS) is 14.8. The van der Waals surface area contributed by atoms with Crippen LogP contribution in [0.5, 0.6) is 0 Å². The lowest BCUT2D eigenvalue weighted by Gasteiger charge is -2.14. The fraction of sp³-hybridized carbons (Fsp3) is 0.188. The summed E-state index contributed by atoms with van der Waals surface area (Å²) in [7, 11) is 0. The van der Waals surface area contributed by atoms with Crippen LogP contribution in [0.15, 0.2) is 36.4 Å². The molecule has 0 saturated carbocycles. The van der Waals surface area contributed by atoms with Gasteiger partial charge in [0.25, 0.3) is 0 Å². The molecule has 0 radical (unpaired) electrons. The number of hydrogen-bond acceptors (Lipinski definition) is 2. The van der Waals surface area contributed by atoms with Gasteiger partial charge in [-0.05, 0) is 29.7 Å². The van der Waals surface area contributed by atoms with Crippen LogP contribution in [0.25, 0.3) is 0 Å². The molecule has 1 atom stereocenters. The van der Waals surface area contributed by atoms with Crippen molar-refractivity contribution in [1.82, 2.24) is 0 Å². The quantitative estimate of drug-likeness (QED) is 0.891. The van der Waals surface area contributed by atoms with Crippen LogP contribution >= 0.6 is 11.6 Å². The maximum Gasteiger partial charge on any atom is 0.228 e. The number of carbonyl (C=O) groups is 1. The van der Waals surface area contributed by atoms with Crippen LogP contribution in [-0.2, 0) is 11.2 Å². The first-order valence-corrected chi connectivity index (χ1v) is 6.79. The van der Waals surface area contributed by atoms with Crippen molar-refractivity contribution in [2.75, 3.05) is 5.32 Å². The molecule has 0 fully saturated rings. The summed E-state index contributed by atoms with van der Waals surface area (Å²) in [4.78, 5) is 11.4. The van der Waals surface area contributed by atoms with Crippen molar-refractivity contribution >= 4 is 23.2 Å². The van der Waals surface area contributed by atoms with Gasteiger partial charge in [0.15, 0.2) is 0 Å². The van der Waals surface area contributed by atoms with Gasteiger partial charge in [0, 0.05) is 0 Å². The molecule has 0 spiro atoms. The fourth-order valence-corrected chi connectivity index (χ4v) is 2.72. The summed E-state index contributed by atoms with van der Waals surface area (Å²) in [5.74, 6) is -0.0659. The molecule has 1 heterocycles. The topological polar surface area (TPSA) is 49.3 Å². The molecule has 0 aromatic heterocycles. The van der Waals surface area contributed by atoms with Gasteiger partial charge in [-0.2, -0.15) is 0 Å². The molecule has 1 unspecified atom stereocenters. The lowest BCUT2D eigenvalue weighted by atomic mass is 9.98. The third-order valence-corrected chi connectivity index (χ3v) is 3.82. The van der Waals surface area contributed by atoms with Gasteiger partial charge in [-0.25, -0.2) is 0 Å². The second-order valence-corrected chi connectivity index (χ2v) is 5.48. The number of nitrogens with one attached hydrogen (secondary N) is 1. The van der Waals surface area contributed by atoms with Gasteiger partial charge in [-0.3, -0.25) is 4.79 Å². The molecule has 3 nitrogen and oxygen atoms in total. The number of aryl methyl sites for hydroxylation is 1. The maximum atomic E-state index is 11.4. The smallest absolute Gasteiger partial charge is 0.228 e. The van der Waals surface area contributed by atoms with E-state index in [0.717, 1.165) is 16.7 Å². The molecular weight excluding hydrogens is 274 g/mol. The predicted octanol–water partition coefficient (Wildman–Crippen LogP) is 3.22. The minimum absolute atomic E-state index is 0.0659. The van der Waals surface area contributed by atoms with Crippen molar-refractivity contribution in [2.24, 2.45) is 0 Å². The third kappa shape index (κ3) is 2.30. The van der Waals surface area contributed by atoms with Crippen molar-refractivity contribution in [2.45, 2.75) is 19.4 Å². The number of aliphatic hydroxyl groups is 1. The lowest BCUT2D eigenvalue weighted by Crippen LogP contribution is -2.03. The first kappa shape index (κ1) is 13.2. The summed E-state index contributed by atoms with van der Waals surface area (Å²) in [5.41, 5.74) is 4.15. The van der Waals surface area contributed by atoms with Crippen molar-refractivity contribution in [3.8, 4) is 0 Å². The Balaban J connectivity index is 1.99. The van der Waals surface area contributed by atoms with E-state index in [2.05, 4.69) is 5.32 Å². The number of carbonyl (C=O) groups excluding carboxylic acids is 1. The van der Waals surface area contributed by atoms with Crippen LogP contribution in [0.2, 0.25) is 5.02 Å². The number of hydrogen-bond donors (Lipinski definition) is 2. The van der Waals surface area contributed by atoms with Gasteiger partial charge in [-0.15, -0.1) is 0 Å². The Morgan fingerprint density at radius 1 is 1.20 bits per heavy atom. The Morgan fingerprint density at radius 3 is 2.60 bits per heavy atom. The second kappa shape index (κ2) is 4.93. The van der Waals surface area contributed by atoms with Crippen LogP contribution < -0.4 is 5.32 Å². The van der Waals surface area contributed by atoms with E-state index in [9.17, 15) is 9.90 Å². The summed E-state index contributed by atoms with van der Waals surface area (Å²) < 4.78 is 0. The monoisotopic (exact) mass is 287 g/mol. The summed E-state index contributed by atoms with van der Waals surface area (Å²) >= 11 is 6.17. The molecule has 102 valence electrons. The molecule has 0 saturated heterocycles. The Bertz CT molecular complexity index is 680. The number of anilines is 1. The highest BCUT2D eigenvalue weighted by Gasteiger charge is 2.23. The van der Waals surface area contributed by atoms with Gasteiger partial charge in [0.1, 0.15) is 6.10 Å². The molecule has 3 rings (SSSR count). The fourth-order valence-electron chi connectivity index (χ4n) is 2.42. The molecule has 20 heavy (non-hydrogen) atoms. The summed E-state index contributed by atoms with van der Waals surface area (Å²) in [6, 6.07) is 11.2. The number of halogens is 1. The highest BCUT2D eigenvalue weighted by Crippen LogP contribution is 2.35. The highest BCUT2D eigenvalue weighted by molar-refractivity contribution is 6.34. The number of fused-ring (bicyclic) bond motifs is 1. The van der Waals surface area contributed by atoms with E-state index in [4.69, 9.17) is 11.6 Å². The summed E-state index contributed by atoms with van der Waals surface area (Å²) in [6.07, 6.45) is -0.433. The summed E-state index contributed by atoms with van der Waals surface area (Å²) in [6.45, 7) is 2.00. The molecule has 1 aliphatic heterocycles. The van der Waals surface area contributed by atoms with E-state index in [1.165, 1.54) is 0 Å². The van der Waals surface area contributed by atoms with Crippen molar-refractivity contribution in [3.05, 3.63) is 63.7 Å². The largest absolute Gasteiger partial charge is 0.384 e. The van der Waals surface area contributed by atoms with Crippen LogP contribution in [0, 0.1) is 6.92 Å². The lowest BCUT2D eigenvalue weighted by molar-refractivity contribution is -0.115. The predicted molar refractivity (Wildman–Crippen MR) is 79.0 cm³/mol. The second-order valence-electron chi connectivity index (χ2n) is 5.08. The molecule has 2 aromatic carbocycles. The number of benzene rings is 2. The first-order valence-electron chi connectivity index (χ1n) is 6.41. The number of amides is 1. The van der Waals surface area contributed by atoms with Crippen LogP contribution in [0.1, 0.15) is 28.4 Å². The molecule has 4 heteroatoms. The summed E-state index contributed by atoms with van der Waals surface area (Å²) in [5, 5.41) is 13.6. The van der Waals surface area contributed by atoms with Crippen molar-refractivity contribution in [1.29, 1.82) is 0 Å². The number of aliphatic hydroxyl groups excluding tert-OH is 1. The Hall–Kier alpha value is -1.84. The minimum atomic E-state index is -0.742. The third-order valence-electron chi connectivity index (χ3n) is 3.52. The Morgan fingerprint density at radius 2 is 1.90 bits per heavy atom. The average Bonchev–Trinajstić information content (AvgIpc) is 2.80. The molecular formula is C16H14ClNO2. The first-order chi connectivity index (χ1) is 9.54. The van der Waals surface area contributed by atoms with Gasteiger partial charge in [0.2, 0.25) is 5.91 Å². The highest BCUT2D eigenvalue weighted by atomic mass is 35.5. The average molecular weight is 288 g/mol. The molecule has 1 aliphatic rings. The van der Waals surface area contributed by atoms with Crippen LogP contribution in [-0.4, -0.2) is 11.0 Å². The zero-order chi connectivity index (χ0) is 14.3. The maximum absolute atomic E-state index is 11.4. The Labute approximate surface area is 122 Å². The number of rotatable bonds is 2. The van der Waals surface area contributed by atoms with Crippen LogP contribution in [0.4, 0.5) is 5.69 Å². The molecule has 0 bridgehead atoms. The molecule has 0 aliphatic carbocycles. The van der Waals surface area contributed by atoms with E-state index in [0.29, 0.717) is 22.7 Å². The molecule has 2 aromatic rings. The minimum Gasteiger partial charge on any atom is -0.384 e. The van der Waals surface area contributed by atoms with Gasteiger partial charge < -0.3 is 10.4 Å². The van der Waals surface area contributed by atoms with E-state index >= 15 is 0 Å². The standard InChI is InChI=1S/C16H14ClNO2/c1-9-2-4-10(5-3-9)16(20)12-6-11-8-14(19)18-15(11)13(17)7-12/h2-7,16,20H,8H2,1H3,(H,18,19). The Kier molecular flexibility index (Phi) is 3.24. The van der Waals surface area contributed by atoms with E-state index in [-0.39, 0.29) is 5.91 Å². The van der Waals surface area contributed by atoms with Crippen LogP contribution in [0.3, 0.4) is 0 Å². The van der Waals surface area contributed by atoms with Gasteiger partial charge in [0.05, 0.1) is 17.1 Å². The van der Waals surface area contributed by atoms with Gasteiger partial charge in [-0.1, -0.05) is 47.5 Å². The zero-order valence-corrected chi connectivity index (χ0v) is 11.7. The van der Waals surface area contributed by atoms with Crippen molar-refractivity contribution < 1.29 is 9.90 Å². The molecule has 1 amide bonds. The van der Waals surface area contributed by atoms with E-state index < -0.39 is 6.10 Å². The SMILES string of the molecule is Cc1ccc(C(O)c2cc(Cl)c3c(c2)CC(=O)N3)cc1. The van der Waals surface area contributed by atoms with Crippen molar-refractivity contribution in [3.63, 3.8) is 0 Å². The van der Waals surface area contributed by atoms with E-state index in [1.807, 2.05) is 37.3 Å². The zero-order valence-electron chi connectivity index (χ0n) is 11.0.